The molecule has 2 amide bonds. The van der Waals surface area contributed by atoms with Gasteiger partial charge < -0.3 is 4.42 Å². The van der Waals surface area contributed by atoms with Crippen molar-refractivity contribution >= 4 is 33.8 Å². The van der Waals surface area contributed by atoms with Crippen LogP contribution in [0.2, 0.25) is 0 Å². The monoisotopic (exact) mass is 334 g/mol. The molecular formula is C14H11BrN2O3. The molecule has 0 aliphatic carbocycles. The van der Waals surface area contributed by atoms with Crippen molar-refractivity contribution in [2.24, 2.45) is 0 Å². The Morgan fingerprint density at radius 3 is 2.60 bits per heavy atom. The van der Waals surface area contributed by atoms with E-state index < -0.39 is 11.8 Å². The van der Waals surface area contributed by atoms with Gasteiger partial charge in [0.1, 0.15) is 0 Å². The fraction of sp³-hybridized carbons (Fsp3) is 0. The van der Waals surface area contributed by atoms with Crippen molar-refractivity contribution in [1.29, 1.82) is 0 Å². The van der Waals surface area contributed by atoms with Gasteiger partial charge in [0.25, 0.3) is 5.91 Å². The summed E-state index contributed by atoms with van der Waals surface area (Å²) in [5.41, 5.74) is 5.36. The molecule has 0 saturated heterocycles. The van der Waals surface area contributed by atoms with E-state index in [0.29, 0.717) is 0 Å². The van der Waals surface area contributed by atoms with Crippen molar-refractivity contribution in [3.05, 3.63) is 64.5 Å². The number of carbonyl (C=O) groups is 2. The topological polar surface area (TPSA) is 71.3 Å². The van der Waals surface area contributed by atoms with Crippen molar-refractivity contribution in [2.45, 2.75) is 0 Å². The summed E-state index contributed by atoms with van der Waals surface area (Å²) in [7, 11) is 0. The van der Waals surface area contributed by atoms with Gasteiger partial charge in [-0.15, -0.1) is 0 Å². The minimum Gasteiger partial charge on any atom is -0.459 e. The number of hydrazine groups is 1. The number of halogens is 1. The number of hydrogen-bond donors (Lipinski definition) is 2. The predicted octanol–water partition coefficient (Wildman–Crippen LogP) is 2.52. The quantitative estimate of drug-likeness (QED) is 0.669. The van der Waals surface area contributed by atoms with Gasteiger partial charge in [-0.2, -0.15) is 0 Å². The third-order valence-corrected chi connectivity index (χ3v) is 3.09. The molecule has 1 heterocycles. The largest absolute Gasteiger partial charge is 0.459 e. The average Bonchev–Trinajstić information content (AvgIpc) is 2.98. The zero-order chi connectivity index (χ0) is 14.4. The molecule has 2 rings (SSSR count). The molecule has 20 heavy (non-hydrogen) atoms. The van der Waals surface area contributed by atoms with Gasteiger partial charge in [0, 0.05) is 10.5 Å². The molecule has 0 aliphatic rings. The van der Waals surface area contributed by atoms with Gasteiger partial charge in [-0.3, -0.25) is 20.4 Å². The molecule has 0 spiro atoms. The molecule has 0 unspecified atom stereocenters. The maximum atomic E-state index is 11.5. The maximum Gasteiger partial charge on any atom is 0.305 e. The summed E-state index contributed by atoms with van der Waals surface area (Å²) >= 11 is 3.37. The highest BCUT2D eigenvalue weighted by atomic mass is 79.9. The Labute approximate surface area is 123 Å². The number of furan rings is 1. The van der Waals surface area contributed by atoms with Crippen molar-refractivity contribution in [3.63, 3.8) is 0 Å². The molecule has 1 aromatic carbocycles. The molecule has 2 N–H and O–H groups in total. The molecule has 0 bridgehead atoms. The van der Waals surface area contributed by atoms with Gasteiger partial charge in [-0.25, -0.2) is 0 Å². The van der Waals surface area contributed by atoms with Crippen LogP contribution in [0.15, 0.2) is 57.6 Å². The average molecular weight is 335 g/mol. The minimum atomic E-state index is -0.516. The summed E-state index contributed by atoms with van der Waals surface area (Å²) in [4.78, 5) is 23.0. The van der Waals surface area contributed by atoms with E-state index in [1.54, 1.807) is 12.1 Å². The predicted molar refractivity (Wildman–Crippen MR) is 77.5 cm³/mol. The first-order valence-electron chi connectivity index (χ1n) is 5.73. The molecule has 102 valence electrons. The summed E-state index contributed by atoms with van der Waals surface area (Å²) < 4.78 is 5.76. The van der Waals surface area contributed by atoms with Crippen LogP contribution >= 0.6 is 15.9 Å². The lowest BCUT2D eigenvalue weighted by molar-refractivity contribution is -0.117. The lowest BCUT2D eigenvalue weighted by Gasteiger charge is -2.02. The van der Waals surface area contributed by atoms with E-state index in [1.165, 1.54) is 18.4 Å². The smallest absolute Gasteiger partial charge is 0.305 e. The highest BCUT2D eigenvalue weighted by molar-refractivity contribution is 9.10. The van der Waals surface area contributed by atoms with Gasteiger partial charge in [0.05, 0.1) is 6.26 Å². The Balaban J connectivity index is 1.87. The molecule has 0 radical (unpaired) electrons. The Bertz CT molecular complexity index is 636. The second kappa shape index (κ2) is 6.72. The van der Waals surface area contributed by atoms with E-state index >= 15 is 0 Å². The minimum absolute atomic E-state index is 0.125. The SMILES string of the molecule is O=C(/C=C/c1ccccc1Br)NNC(=O)c1ccco1. The van der Waals surface area contributed by atoms with Crippen molar-refractivity contribution in [3.8, 4) is 0 Å². The van der Waals surface area contributed by atoms with Gasteiger partial charge in [0.15, 0.2) is 5.76 Å². The van der Waals surface area contributed by atoms with Crippen molar-refractivity contribution < 1.29 is 14.0 Å². The molecule has 0 fully saturated rings. The lowest BCUT2D eigenvalue weighted by atomic mass is 10.2. The first kappa shape index (κ1) is 14.1. The lowest BCUT2D eigenvalue weighted by Crippen LogP contribution is -2.40. The number of carbonyl (C=O) groups excluding carboxylic acids is 2. The molecule has 0 aliphatic heterocycles. The fourth-order valence-electron chi connectivity index (χ4n) is 1.41. The Morgan fingerprint density at radius 2 is 1.90 bits per heavy atom. The van der Waals surface area contributed by atoms with Crippen LogP contribution in [-0.2, 0) is 4.79 Å². The first-order valence-corrected chi connectivity index (χ1v) is 6.52. The van der Waals surface area contributed by atoms with Crippen LogP contribution < -0.4 is 10.9 Å². The molecule has 5 nitrogen and oxygen atoms in total. The van der Waals surface area contributed by atoms with Gasteiger partial charge in [-0.1, -0.05) is 34.1 Å². The first-order chi connectivity index (χ1) is 9.66. The van der Waals surface area contributed by atoms with Crippen LogP contribution in [0.4, 0.5) is 0 Å². The number of amides is 2. The molecule has 6 heteroatoms. The molecule has 2 aromatic rings. The van der Waals surface area contributed by atoms with E-state index in [-0.39, 0.29) is 5.76 Å². The Hall–Kier alpha value is -2.34. The van der Waals surface area contributed by atoms with Gasteiger partial charge >= 0.3 is 5.91 Å². The number of rotatable bonds is 3. The zero-order valence-corrected chi connectivity index (χ0v) is 11.9. The van der Waals surface area contributed by atoms with Crippen LogP contribution in [0.1, 0.15) is 16.1 Å². The molecule has 1 aromatic heterocycles. The van der Waals surface area contributed by atoms with E-state index in [9.17, 15) is 9.59 Å². The van der Waals surface area contributed by atoms with Crippen molar-refractivity contribution in [2.75, 3.05) is 0 Å². The van der Waals surface area contributed by atoms with E-state index in [1.807, 2.05) is 24.3 Å². The van der Waals surface area contributed by atoms with E-state index in [4.69, 9.17) is 4.42 Å². The normalized spacial score (nSPS) is 10.4. The summed E-state index contributed by atoms with van der Waals surface area (Å²) in [5.74, 6) is -0.835. The van der Waals surface area contributed by atoms with Crippen LogP contribution in [0.25, 0.3) is 6.08 Å². The third-order valence-electron chi connectivity index (χ3n) is 2.36. The van der Waals surface area contributed by atoms with Crippen LogP contribution in [-0.4, -0.2) is 11.8 Å². The van der Waals surface area contributed by atoms with Crippen LogP contribution in [0, 0.1) is 0 Å². The van der Waals surface area contributed by atoms with E-state index in [2.05, 4.69) is 26.8 Å². The number of benzene rings is 1. The highest BCUT2D eigenvalue weighted by Gasteiger charge is 2.08. The second-order valence-electron chi connectivity index (χ2n) is 3.78. The standard InChI is InChI=1S/C14H11BrN2O3/c15-11-5-2-1-4-10(11)7-8-13(18)16-17-14(19)12-6-3-9-20-12/h1-9H,(H,16,18)(H,17,19)/b8-7+. The van der Waals surface area contributed by atoms with Crippen LogP contribution in [0.5, 0.6) is 0 Å². The molecule has 0 atom stereocenters. The Morgan fingerprint density at radius 1 is 1.10 bits per heavy atom. The van der Waals surface area contributed by atoms with Crippen molar-refractivity contribution in [1.82, 2.24) is 10.9 Å². The zero-order valence-electron chi connectivity index (χ0n) is 10.3. The third kappa shape index (κ3) is 3.83. The number of hydrogen-bond acceptors (Lipinski definition) is 3. The number of nitrogens with one attached hydrogen (secondary N) is 2. The van der Waals surface area contributed by atoms with Gasteiger partial charge in [-0.05, 0) is 29.8 Å². The van der Waals surface area contributed by atoms with Gasteiger partial charge in [0.2, 0.25) is 0 Å². The summed E-state index contributed by atoms with van der Waals surface area (Å²) in [5, 5.41) is 0. The maximum absolute atomic E-state index is 11.5. The molecule has 0 saturated carbocycles. The summed E-state index contributed by atoms with van der Waals surface area (Å²) in [6.45, 7) is 0. The molecular weight excluding hydrogens is 324 g/mol. The fourth-order valence-corrected chi connectivity index (χ4v) is 1.82. The van der Waals surface area contributed by atoms with Crippen LogP contribution in [0.3, 0.4) is 0 Å². The summed E-state index contributed by atoms with van der Waals surface area (Å²) in [6.07, 6.45) is 4.34. The highest BCUT2D eigenvalue weighted by Crippen LogP contribution is 2.16. The Kier molecular flexibility index (Phi) is 4.73. The summed E-state index contributed by atoms with van der Waals surface area (Å²) in [6, 6.07) is 10.6. The second-order valence-corrected chi connectivity index (χ2v) is 4.63. The van der Waals surface area contributed by atoms with E-state index in [0.717, 1.165) is 10.0 Å².